The molecule has 0 aromatic heterocycles. The number of carbonyl (C=O) groups excluding carboxylic acids is 1. The molecule has 0 aliphatic rings. The maximum Gasteiger partial charge on any atom is 0.305 e. The van der Waals surface area contributed by atoms with Gasteiger partial charge in [0.15, 0.2) is 0 Å². The quantitative estimate of drug-likeness (QED) is 0.179. The predicted molar refractivity (Wildman–Crippen MR) is 107 cm³/mol. The Balaban J connectivity index is 3.28. The Morgan fingerprint density at radius 3 is 2.12 bits per heavy atom. The highest BCUT2D eigenvalue weighted by molar-refractivity contribution is 5.69. The number of ether oxygens (including phenoxy) is 2. The minimum absolute atomic E-state index is 0.0720. The fraction of sp³-hybridized carbons (Fsp3) is 0.682. The molecule has 0 saturated heterocycles. The molecule has 3 nitrogen and oxygen atoms in total. The zero-order valence-corrected chi connectivity index (χ0v) is 16.4. The molecule has 0 unspecified atom stereocenters. The first-order valence-corrected chi connectivity index (χ1v) is 9.90. The number of rotatable bonds is 17. The fourth-order valence-corrected chi connectivity index (χ4v) is 2.35. The van der Waals surface area contributed by atoms with Crippen LogP contribution in [0.15, 0.2) is 36.5 Å². The van der Waals surface area contributed by atoms with E-state index in [1.807, 2.05) is 0 Å². The topological polar surface area (TPSA) is 35.5 Å². The highest BCUT2D eigenvalue weighted by Gasteiger charge is 2.01. The SMILES string of the molecule is CC/C=C\C/C=C\C/C=C\CCCCCCCC(=O)OCCCOC. The van der Waals surface area contributed by atoms with Crippen LogP contribution in [0.1, 0.15) is 77.6 Å². The molecule has 0 bridgehead atoms. The van der Waals surface area contributed by atoms with Gasteiger partial charge >= 0.3 is 5.97 Å². The van der Waals surface area contributed by atoms with E-state index < -0.39 is 0 Å². The maximum absolute atomic E-state index is 11.5. The van der Waals surface area contributed by atoms with Crippen LogP contribution >= 0.6 is 0 Å². The number of methoxy groups -OCH3 is 1. The van der Waals surface area contributed by atoms with Gasteiger partial charge in [0, 0.05) is 26.6 Å². The van der Waals surface area contributed by atoms with Crippen molar-refractivity contribution in [3.63, 3.8) is 0 Å². The van der Waals surface area contributed by atoms with Crippen LogP contribution in [0.25, 0.3) is 0 Å². The molecule has 3 heteroatoms. The number of hydrogen-bond donors (Lipinski definition) is 0. The molecule has 144 valence electrons. The molecule has 0 heterocycles. The Morgan fingerprint density at radius 1 is 0.760 bits per heavy atom. The van der Waals surface area contributed by atoms with Crippen molar-refractivity contribution in [3.8, 4) is 0 Å². The summed E-state index contributed by atoms with van der Waals surface area (Å²) in [6.45, 7) is 3.28. The van der Waals surface area contributed by atoms with E-state index in [9.17, 15) is 4.79 Å². The van der Waals surface area contributed by atoms with Gasteiger partial charge in [-0.3, -0.25) is 4.79 Å². The highest BCUT2D eigenvalue weighted by Crippen LogP contribution is 2.08. The molecule has 0 amide bonds. The van der Waals surface area contributed by atoms with E-state index in [-0.39, 0.29) is 5.97 Å². The maximum atomic E-state index is 11.5. The molecule has 0 rings (SSSR count). The van der Waals surface area contributed by atoms with Gasteiger partial charge < -0.3 is 9.47 Å². The van der Waals surface area contributed by atoms with E-state index in [0.29, 0.717) is 19.6 Å². The van der Waals surface area contributed by atoms with Crippen LogP contribution in [-0.4, -0.2) is 26.3 Å². The summed E-state index contributed by atoms with van der Waals surface area (Å²) in [5.74, 6) is -0.0720. The first-order valence-electron chi connectivity index (χ1n) is 9.90. The van der Waals surface area contributed by atoms with Gasteiger partial charge in [-0.05, 0) is 38.5 Å². The monoisotopic (exact) mass is 350 g/mol. The Bertz CT molecular complexity index is 369. The van der Waals surface area contributed by atoms with E-state index in [2.05, 4.69) is 43.4 Å². The molecule has 0 fully saturated rings. The Hall–Kier alpha value is -1.35. The van der Waals surface area contributed by atoms with E-state index in [4.69, 9.17) is 9.47 Å². The largest absolute Gasteiger partial charge is 0.466 e. The molecule has 0 N–H and O–H groups in total. The summed E-state index contributed by atoms with van der Waals surface area (Å²) in [4.78, 5) is 11.5. The summed E-state index contributed by atoms with van der Waals surface area (Å²) >= 11 is 0. The molecule has 0 saturated carbocycles. The van der Waals surface area contributed by atoms with Crippen molar-refractivity contribution in [3.05, 3.63) is 36.5 Å². The van der Waals surface area contributed by atoms with Gasteiger partial charge in [0.25, 0.3) is 0 Å². The summed E-state index contributed by atoms with van der Waals surface area (Å²) < 4.78 is 10.0. The molecule has 0 aromatic carbocycles. The van der Waals surface area contributed by atoms with Crippen molar-refractivity contribution in [1.29, 1.82) is 0 Å². The Kier molecular flexibility index (Phi) is 19.6. The van der Waals surface area contributed by atoms with Crippen LogP contribution in [0.5, 0.6) is 0 Å². The second-order valence-corrected chi connectivity index (χ2v) is 6.17. The van der Waals surface area contributed by atoms with Crippen LogP contribution in [0.4, 0.5) is 0 Å². The highest BCUT2D eigenvalue weighted by atomic mass is 16.5. The average Bonchev–Trinajstić information content (AvgIpc) is 2.62. The molecular weight excluding hydrogens is 312 g/mol. The van der Waals surface area contributed by atoms with Crippen molar-refractivity contribution in [2.45, 2.75) is 77.6 Å². The zero-order chi connectivity index (χ0) is 18.4. The smallest absolute Gasteiger partial charge is 0.305 e. The summed E-state index contributed by atoms with van der Waals surface area (Å²) in [6, 6.07) is 0. The summed E-state index contributed by atoms with van der Waals surface area (Å²) in [5, 5.41) is 0. The molecule has 0 aliphatic heterocycles. The average molecular weight is 351 g/mol. The predicted octanol–water partition coefficient (Wildman–Crippen LogP) is 6.16. The Morgan fingerprint density at radius 2 is 1.40 bits per heavy atom. The standard InChI is InChI=1S/C22H38O3/c1-3-4-5-6-7-8-9-10-11-12-13-14-15-16-17-19-22(23)25-21-18-20-24-2/h4-5,7-8,10-11H,3,6,9,12-21H2,1-2H3/b5-4-,8-7-,11-10-. The van der Waals surface area contributed by atoms with Crippen molar-refractivity contribution in [2.24, 2.45) is 0 Å². The minimum Gasteiger partial charge on any atom is -0.466 e. The van der Waals surface area contributed by atoms with Crippen molar-refractivity contribution >= 4 is 5.97 Å². The molecule has 25 heavy (non-hydrogen) atoms. The van der Waals surface area contributed by atoms with E-state index >= 15 is 0 Å². The molecule has 0 aromatic rings. The lowest BCUT2D eigenvalue weighted by molar-refractivity contribution is -0.144. The van der Waals surface area contributed by atoms with Crippen molar-refractivity contribution in [2.75, 3.05) is 20.3 Å². The third-order valence-electron chi connectivity index (χ3n) is 3.79. The lowest BCUT2D eigenvalue weighted by Crippen LogP contribution is -2.07. The number of hydrogen-bond acceptors (Lipinski definition) is 3. The number of carbonyl (C=O) groups is 1. The number of allylic oxidation sites excluding steroid dienone is 6. The normalized spacial score (nSPS) is 11.9. The summed E-state index contributed by atoms with van der Waals surface area (Å²) in [7, 11) is 1.65. The lowest BCUT2D eigenvalue weighted by Gasteiger charge is -2.04. The van der Waals surface area contributed by atoms with Crippen LogP contribution in [0.2, 0.25) is 0 Å². The minimum atomic E-state index is -0.0720. The third kappa shape index (κ3) is 20.6. The number of unbranched alkanes of at least 4 members (excludes halogenated alkanes) is 5. The first kappa shape index (κ1) is 23.6. The molecule has 0 aliphatic carbocycles. The fourth-order valence-electron chi connectivity index (χ4n) is 2.35. The van der Waals surface area contributed by atoms with Gasteiger partial charge in [0.2, 0.25) is 0 Å². The lowest BCUT2D eigenvalue weighted by atomic mass is 10.1. The van der Waals surface area contributed by atoms with Gasteiger partial charge in [-0.2, -0.15) is 0 Å². The van der Waals surface area contributed by atoms with Crippen molar-refractivity contribution < 1.29 is 14.3 Å². The number of esters is 1. The van der Waals surface area contributed by atoms with E-state index in [0.717, 1.165) is 44.9 Å². The summed E-state index contributed by atoms with van der Waals surface area (Å²) in [6.07, 6.45) is 24.8. The molecule has 0 atom stereocenters. The van der Waals surface area contributed by atoms with Gasteiger partial charge in [-0.1, -0.05) is 62.6 Å². The van der Waals surface area contributed by atoms with Crippen molar-refractivity contribution in [1.82, 2.24) is 0 Å². The second-order valence-electron chi connectivity index (χ2n) is 6.17. The van der Waals surface area contributed by atoms with Crippen LogP contribution in [0.3, 0.4) is 0 Å². The summed E-state index contributed by atoms with van der Waals surface area (Å²) in [5.41, 5.74) is 0. The molecule has 0 spiro atoms. The second kappa shape index (κ2) is 20.7. The van der Waals surface area contributed by atoms with Crippen LogP contribution in [0, 0.1) is 0 Å². The zero-order valence-electron chi connectivity index (χ0n) is 16.4. The van der Waals surface area contributed by atoms with Gasteiger partial charge in [-0.15, -0.1) is 0 Å². The van der Waals surface area contributed by atoms with Gasteiger partial charge in [-0.25, -0.2) is 0 Å². The van der Waals surface area contributed by atoms with E-state index in [1.54, 1.807) is 7.11 Å². The van der Waals surface area contributed by atoms with Crippen LogP contribution < -0.4 is 0 Å². The van der Waals surface area contributed by atoms with E-state index in [1.165, 1.54) is 19.3 Å². The Labute approximate surface area is 155 Å². The van der Waals surface area contributed by atoms with Crippen LogP contribution in [-0.2, 0) is 14.3 Å². The van der Waals surface area contributed by atoms with Gasteiger partial charge in [0.05, 0.1) is 6.61 Å². The first-order chi connectivity index (χ1) is 12.3. The third-order valence-corrected chi connectivity index (χ3v) is 3.79. The molecule has 0 radical (unpaired) electrons. The molecular formula is C22H38O3. The van der Waals surface area contributed by atoms with Gasteiger partial charge in [0.1, 0.15) is 0 Å².